The van der Waals surface area contributed by atoms with Crippen LogP contribution < -0.4 is 15.4 Å². The summed E-state index contributed by atoms with van der Waals surface area (Å²) in [5.41, 5.74) is 9.22. The Morgan fingerprint density at radius 1 is 1.10 bits per heavy atom. The van der Waals surface area contributed by atoms with Gasteiger partial charge in [0.1, 0.15) is 11.4 Å². The summed E-state index contributed by atoms with van der Waals surface area (Å²) < 4.78 is 10.8. The molecule has 1 atom stereocenters. The van der Waals surface area contributed by atoms with E-state index in [4.69, 9.17) is 38.4 Å². The van der Waals surface area contributed by atoms with E-state index >= 15 is 0 Å². The molecule has 39 heavy (non-hydrogen) atoms. The quantitative estimate of drug-likeness (QED) is 0.335. The number of anilines is 1. The van der Waals surface area contributed by atoms with Gasteiger partial charge in [-0.1, -0.05) is 23.2 Å². The third-order valence-electron chi connectivity index (χ3n) is 7.48. The number of methoxy groups -OCH3 is 1. The number of aromatic amines is 1. The number of amides is 1. The van der Waals surface area contributed by atoms with Gasteiger partial charge >= 0.3 is 6.09 Å². The van der Waals surface area contributed by atoms with Crippen molar-refractivity contribution in [1.29, 1.82) is 0 Å². The molecule has 2 saturated heterocycles. The first-order valence-electron chi connectivity index (χ1n) is 12.5. The highest BCUT2D eigenvalue weighted by Gasteiger charge is 2.46. The lowest BCUT2D eigenvalue weighted by atomic mass is 9.72. The Morgan fingerprint density at radius 3 is 2.46 bits per heavy atom. The summed E-state index contributed by atoms with van der Waals surface area (Å²) in [5, 5.41) is 9.02. The molecule has 1 amide bonds. The highest BCUT2D eigenvalue weighted by Crippen LogP contribution is 2.42. The fourth-order valence-electron chi connectivity index (χ4n) is 5.31. The number of hydrogen-bond donors (Lipinski definition) is 2. The van der Waals surface area contributed by atoms with Crippen LogP contribution in [-0.4, -0.2) is 69.4 Å². The van der Waals surface area contributed by atoms with Crippen molar-refractivity contribution in [3.63, 3.8) is 0 Å². The number of H-pyrrole nitrogens is 1. The summed E-state index contributed by atoms with van der Waals surface area (Å²) in [5.74, 6) is 1.21. The van der Waals surface area contributed by atoms with Gasteiger partial charge in [-0.2, -0.15) is 5.10 Å². The number of aromatic nitrogens is 5. The molecule has 0 unspecified atom stereocenters. The number of carbonyl (C=O) groups is 1. The maximum absolute atomic E-state index is 11.8. The van der Waals surface area contributed by atoms with Crippen LogP contribution in [0, 0.1) is 5.41 Å². The summed E-state index contributed by atoms with van der Waals surface area (Å²) in [6.45, 7) is 3.18. The van der Waals surface area contributed by atoms with Crippen LogP contribution in [0.1, 0.15) is 24.6 Å². The number of nitrogens with one attached hydrogen (secondary N) is 1. The summed E-state index contributed by atoms with van der Waals surface area (Å²) >= 11 is 12.5. The first-order chi connectivity index (χ1) is 18.9. The lowest BCUT2D eigenvalue weighted by Crippen LogP contribution is -2.61. The molecule has 202 valence electrons. The number of nitrogens with zero attached hydrogens (tertiary/aromatic N) is 6. The zero-order valence-corrected chi connectivity index (χ0v) is 22.6. The standard InChI is InChI=1S/C26H26Cl2N8O3/c1-38-25(37)35-6-4-26(5-7-35)13-36(14-26)24-31-9-15(10-32-24)22-17-8-16(2-3-20(17)33-34-22)39-23(29)21-18(27)11-30-12-19(21)28/h2-3,8-12,23H,4-7,13-14,29H2,1H3,(H,33,34)/t23-/m0/s1. The molecule has 2 aliphatic heterocycles. The third kappa shape index (κ3) is 4.81. The van der Waals surface area contributed by atoms with Gasteiger partial charge in [0.25, 0.3) is 0 Å². The number of carbonyl (C=O) groups excluding carboxylic acids is 1. The Morgan fingerprint density at radius 2 is 1.79 bits per heavy atom. The van der Waals surface area contributed by atoms with E-state index in [1.807, 2.05) is 12.1 Å². The number of rotatable bonds is 5. The average Bonchev–Trinajstić information content (AvgIpc) is 3.34. The smallest absolute Gasteiger partial charge is 0.409 e. The fraction of sp³-hybridized carbons (Fsp3) is 0.346. The second-order valence-corrected chi connectivity index (χ2v) is 10.7. The van der Waals surface area contributed by atoms with Gasteiger partial charge in [-0.15, -0.1) is 0 Å². The molecule has 2 fully saturated rings. The third-order valence-corrected chi connectivity index (χ3v) is 8.08. The van der Waals surface area contributed by atoms with Crippen molar-refractivity contribution in [3.05, 3.63) is 58.6 Å². The van der Waals surface area contributed by atoms with Crippen LogP contribution in [-0.2, 0) is 4.74 Å². The summed E-state index contributed by atoms with van der Waals surface area (Å²) in [4.78, 5) is 28.9. The molecule has 0 radical (unpaired) electrons. The summed E-state index contributed by atoms with van der Waals surface area (Å²) in [6, 6.07) is 5.51. The van der Waals surface area contributed by atoms with Crippen LogP contribution in [0.25, 0.3) is 22.2 Å². The molecule has 0 bridgehead atoms. The Bertz CT molecular complexity index is 1490. The fourth-order valence-corrected chi connectivity index (χ4v) is 5.89. The van der Waals surface area contributed by atoms with Crippen molar-refractivity contribution in [2.24, 2.45) is 11.1 Å². The minimum absolute atomic E-state index is 0.201. The molecular formula is C26H26Cl2N8O3. The van der Waals surface area contributed by atoms with Crippen molar-refractivity contribution < 1.29 is 14.3 Å². The normalized spacial score (nSPS) is 17.2. The van der Waals surface area contributed by atoms with E-state index < -0.39 is 6.23 Å². The van der Waals surface area contributed by atoms with E-state index in [1.54, 1.807) is 23.4 Å². The number of benzene rings is 1. The van der Waals surface area contributed by atoms with Crippen molar-refractivity contribution in [3.8, 4) is 17.0 Å². The number of likely N-dealkylation sites (tertiary alicyclic amines) is 1. The van der Waals surface area contributed by atoms with Gasteiger partial charge in [-0.25, -0.2) is 14.8 Å². The highest BCUT2D eigenvalue weighted by molar-refractivity contribution is 6.35. The molecule has 0 saturated carbocycles. The average molecular weight is 569 g/mol. The van der Waals surface area contributed by atoms with E-state index in [-0.39, 0.29) is 11.5 Å². The maximum atomic E-state index is 11.8. The number of nitrogens with two attached hydrogens (primary N) is 1. The van der Waals surface area contributed by atoms with Gasteiger partial charge in [0.15, 0.2) is 6.23 Å². The van der Waals surface area contributed by atoms with Crippen molar-refractivity contribution in [2.75, 3.05) is 38.2 Å². The molecule has 4 aromatic rings. The molecular weight excluding hydrogens is 543 g/mol. The number of pyridine rings is 1. The molecule has 1 aromatic carbocycles. The molecule has 13 heteroatoms. The molecule has 3 aromatic heterocycles. The van der Waals surface area contributed by atoms with Gasteiger partial charge in [0, 0.05) is 72.9 Å². The van der Waals surface area contributed by atoms with E-state index in [0.29, 0.717) is 46.1 Å². The van der Waals surface area contributed by atoms with Crippen LogP contribution in [0.4, 0.5) is 10.7 Å². The predicted molar refractivity (Wildman–Crippen MR) is 147 cm³/mol. The minimum atomic E-state index is -0.879. The van der Waals surface area contributed by atoms with Crippen LogP contribution >= 0.6 is 23.2 Å². The van der Waals surface area contributed by atoms with E-state index in [0.717, 1.165) is 42.4 Å². The monoisotopic (exact) mass is 568 g/mol. The zero-order valence-electron chi connectivity index (χ0n) is 21.1. The lowest BCUT2D eigenvalue weighted by Gasteiger charge is -2.53. The van der Waals surface area contributed by atoms with E-state index in [9.17, 15) is 4.79 Å². The topological polar surface area (TPSA) is 135 Å². The van der Waals surface area contributed by atoms with Crippen LogP contribution in [0.15, 0.2) is 43.0 Å². The van der Waals surface area contributed by atoms with Gasteiger partial charge in [-0.05, 0) is 31.0 Å². The lowest BCUT2D eigenvalue weighted by molar-refractivity contribution is 0.0618. The Kier molecular flexibility index (Phi) is 6.66. The molecule has 3 N–H and O–H groups in total. The van der Waals surface area contributed by atoms with Gasteiger partial charge in [-0.3, -0.25) is 15.8 Å². The van der Waals surface area contributed by atoms with Gasteiger partial charge in [0.05, 0.1) is 22.7 Å². The first-order valence-corrected chi connectivity index (χ1v) is 13.2. The summed E-state index contributed by atoms with van der Waals surface area (Å²) in [7, 11) is 1.42. The number of ether oxygens (including phenoxy) is 2. The Labute approximate surface area is 234 Å². The van der Waals surface area contributed by atoms with Crippen molar-refractivity contribution in [2.45, 2.75) is 19.1 Å². The first kappa shape index (κ1) is 25.6. The summed E-state index contributed by atoms with van der Waals surface area (Å²) in [6.07, 6.45) is 7.26. The van der Waals surface area contributed by atoms with Crippen LogP contribution in [0.5, 0.6) is 5.75 Å². The van der Waals surface area contributed by atoms with Crippen molar-refractivity contribution in [1.82, 2.24) is 30.0 Å². The number of piperidine rings is 1. The van der Waals surface area contributed by atoms with Crippen LogP contribution in [0.3, 0.4) is 0 Å². The zero-order chi connectivity index (χ0) is 27.1. The highest BCUT2D eigenvalue weighted by atomic mass is 35.5. The number of fused-ring (bicyclic) bond motifs is 1. The second-order valence-electron chi connectivity index (χ2n) is 9.92. The maximum Gasteiger partial charge on any atom is 0.409 e. The van der Waals surface area contributed by atoms with Crippen LogP contribution in [0.2, 0.25) is 10.0 Å². The minimum Gasteiger partial charge on any atom is -0.471 e. The molecule has 5 heterocycles. The SMILES string of the molecule is COC(=O)N1CCC2(CC1)CN(c1ncc(-c3n[nH]c4ccc(O[C@H](N)c5c(Cl)cncc5Cl)cc34)cn1)C2. The predicted octanol–water partition coefficient (Wildman–Crippen LogP) is 4.43. The van der Waals surface area contributed by atoms with Gasteiger partial charge in [0.2, 0.25) is 5.95 Å². The largest absolute Gasteiger partial charge is 0.471 e. The Hall–Kier alpha value is -3.67. The second kappa shape index (κ2) is 10.1. The van der Waals surface area contributed by atoms with E-state index in [2.05, 4.69) is 30.0 Å². The number of hydrogen-bond acceptors (Lipinski definition) is 9. The molecule has 11 nitrogen and oxygen atoms in total. The Balaban J connectivity index is 1.14. The van der Waals surface area contributed by atoms with Crippen molar-refractivity contribution >= 4 is 46.1 Å². The van der Waals surface area contributed by atoms with Gasteiger partial charge < -0.3 is 19.3 Å². The van der Waals surface area contributed by atoms with E-state index in [1.165, 1.54) is 19.5 Å². The molecule has 0 aliphatic carbocycles. The molecule has 1 spiro atoms. The molecule has 2 aliphatic rings. The molecule has 6 rings (SSSR count). The number of halogens is 2.